The van der Waals surface area contributed by atoms with E-state index >= 15 is 0 Å². The van der Waals surface area contributed by atoms with Crippen molar-refractivity contribution in [3.05, 3.63) is 0 Å². The van der Waals surface area contributed by atoms with E-state index in [1.165, 1.54) is 19.1 Å². The van der Waals surface area contributed by atoms with E-state index in [4.69, 9.17) is 5.73 Å². The molecule has 1 fully saturated rings. The van der Waals surface area contributed by atoms with Gasteiger partial charge in [0.25, 0.3) is 0 Å². The van der Waals surface area contributed by atoms with Gasteiger partial charge in [0, 0.05) is 18.6 Å². The molecule has 2 atom stereocenters. The van der Waals surface area contributed by atoms with Crippen molar-refractivity contribution in [1.29, 1.82) is 0 Å². The summed E-state index contributed by atoms with van der Waals surface area (Å²) < 4.78 is 24.1. The Bertz CT molecular complexity index is 292. The van der Waals surface area contributed by atoms with E-state index in [-0.39, 0.29) is 0 Å². The third-order valence-corrected chi connectivity index (χ3v) is 3.59. The molecule has 96 valence electrons. The van der Waals surface area contributed by atoms with Crippen LogP contribution in [-0.2, 0) is 10.0 Å². The van der Waals surface area contributed by atoms with Crippen molar-refractivity contribution in [3.8, 4) is 0 Å². The second-order valence-electron chi connectivity index (χ2n) is 4.60. The highest BCUT2D eigenvalue weighted by Crippen LogP contribution is 2.16. The van der Waals surface area contributed by atoms with Crippen LogP contribution in [0, 0.1) is 0 Å². The molecule has 0 radical (unpaired) electrons. The van der Waals surface area contributed by atoms with Crippen molar-refractivity contribution < 1.29 is 8.42 Å². The van der Waals surface area contributed by atoms with E-state index in [9.17, 15) is 8.42 Å². The molecule has 0 bridgehead atoms. The van der Waals surface area contributed by atoms with Crippen molar-refractivity contribution in [2.75, 3.05) is 19.3 Å². The average Bonchev–Trinajstić information content (AvgIpc) is 2.15. The van der Waals surface area contributed by atoms with Gasteiger partial charge in [-0.2, -0.15) is 0 Å². The molecule has 2 unspecified atom stereocenters. The molecule has 0 heterocycles. The summed E-state index contributed by atoms with van der Waals surface area (Å²) in [5.74, 6) is 0. The zero-order valence-electron chi connectivity index (χ0n) is 9.91. The predicted molar refractivity (Wildman–Crippen MR) is 65.7 cm³/mol. The molecule has 0 saturated heterocycles. The van der Waals surface area contributed by atoms with Crippen molar-refractivity contribution in [2.24, 2.45) is 5.73 Å². The van der Waals surface area contributed by atoms with Crippen LogP contribution in [0.5, 0.6) is 0 Å². The van der Waals surface area contributed by atoms with Gasteiger partial charge in [0.2, 0.25) is 10.0 Å². The minimum Gasteiger partial charge on any atom is -0.328 e. The van der Waals surface area contributed by atoms with Gasteiger partial charge >= 0.3 is 0 Å². The molecule has 1 aliphatic carbocycles. The summed E-state index contributed by atoms with van der Waals surface area (Å²) in [6.45, 7) is 1.35. The van der Waals surface area contributed by atoms with Gasteiger partial charge in [0.15, 0.2) is 0 Å². The molecule has 1 rings (SSSR count). The topological polar surface area (TPSA) is 84.2 Å². The maximum Gasteiger partial charge on any atom is 0.208 e. The van der Waals surface area contributed by atoms with Crippen molar-refractivity contribution in [3.63, 3.8) is 0 Å². The molecule has 0 spiro atoms. The van der Waals surface area contributed by atoms with Crippen LogP contribution in [0.25, 0.3) is 0 Å². The third-order valence-electron chi connectivity index (χ3n) is 2.87. The highest BCUT2D eigenvalue weighted by molar-refractivity contribution is 7.88. The normalized spacial score (nSPS) is 26.9. The number of hydrogen-bond donors (Lipinski definition) is 3. The van der Waals surface area contributed by atoms with Crippen LogP contribution in [0.2, 0.25) is 0 Å². The van der Waals surface area contributed by atoms with Gasteiger partial charge in [0.05, 0.1) is 6.26 Å². The van der Waals surface area contributed by atoms with Crippen LogP contribution >= 0.6 is 0 Å². The molecule has 1 aliphatic rings. The zero-order chi connectivity index (χ0) is 12.0. The zero-order valence-corrected chi connectivity index (χ0v) is 10.7. The summed E-state index contributed by atoms with van der Waals surface area (Å²) in [5, 5.41) is 3.42. The first-order chi connectivity index (χ1) is 7.47. The smallest absolute Gasteiger partial charge is 0.208 e. The Morgan fingerprint density at radius 3 is 2.69 bits per heavy atom. The summed E-state index contributed by atoms with van der Waals surface area (Å²) in [4.78, 5) is 0. The third kappa shape index (κ3) is 6.42. The summed E-state index contributed by atoms with van der Waals surface area (Å²) in [5.41, 5.74) is 5.88. The van der Waals surface area contributed by atoms with Crippen LogP contribution < -0.4 is 15.8 Å². The molecule has 0 aromatic rings. The summed E-state index contributed by atoms with van der Waals surface area (Å²) in [7, 11) is -3.04. The second-order valence-corrected chi connectivity index (χ2v) is 6.43. The summed E-state index contributed by atoms with van der Waals surface area (Å²) >= 11 is 0. The fourth-order valence-electron chi connectivity index (χ4n) is 2.07. The average molecular weight is 249 g/mol. The maximum atomic E-state index is 10.8. The molecule has 0 aliphatic heterocycles. The fraction of sp³-hybridized carbons (Fsp3) is 1.00. The van der Waals surface area contributed by atoms with Gasteiger partial charge in [0.1, 0.15) is 0 Å². The number of sulfonamides is 1. The SMILES string of the molecule is CS(=O)(=O)NCCCNC1CCCC(N)C1. The largest absolute Gasteiger partial charge is 0.328 e. The first kappa shape index (κ1) is 13.9. The van der Waals surface area contributed by atoms with Crippen LogP contribution in [0.15, 0.2) is 0 Å². The van der Waals surface area contributed by atoms with Gasteiger partial charge in [-0.05, 0) is 32.2 Å². The van der Waals surface area contributed by atoms with Gasteiger partial charge < -0.3 is 11.1 Å². The lowest BCUT2D eigenvalue weighted by atomic mass is 9.91. The Labute approximate surface area is 98.2 Å². The van der Waals surface area contributed by atoms with E-state index in [0.717, 1.165) is 25.8 Å². The molecule has 6 heteroatoms. The highest BCUT2D eigenvalue weighted by Gasteiger charge is 2.17. The maximum absolute atomic E-state index is 10.8. The minimum atomic E-state index is -3.04. The molecule has 0 amide bonds. The quantitative estimate of drug-likeness (QED) is 0.569. The number of hydrogen-bond acceptors (Lipinski definition) is 4. The molecule has 16 heavy (non-hydrogen) atoms. The van der Waals surface area contributed by atoms with Crippen molar-refractivity contribution >= 4 is 10.0 Å². The Morgan fingerprint density at radius 2 is 2.06 bits per heavy atom. The van der Waals surface area contributed by atoms with Crippen LogP contribution in [0.3, 0.4) is 0 Å². The monoisotopic (exact) mass is 249 g/mol. The lowest BCUT2D eigenvalue weighted by molar-refractivity contribution is 0.339. The lowest BCUT2D eigenvalue weighted by Gasteiger charge is -2.27. The van der Waals surface area contributed by atoms with Gasteiger partial charge in [-0.15, -0.1) is 0 Å². The molecule has 0 aromatic carbocycles. The molecule has 0 aromatic heterocycles. The van der Waals surface area contributed by atoms with Gasteiger partial charge in [-0.25, -0.2) is 13.1 Å². The molecule has 4 N–H and O–H groups in total. The molecular weight excluding hydrogens is 226 g/mol. The minimum absolute atomic E-state index is 0.334. The molecular formula is C10H23N3O2S. The first-order valence-corrected chi connectivity index (χ1v) is 7.80. The summed E-state index contributed by atoms with van der Waals surface area (Å²) in [6.07, 6.45) is 6.56. The Kier molecular flexibility index (Phi) is 5.68. The highest BCUT2D eigenvalue weighted by atomic mass is 32.2. The molecule has 1 saturated carbocycles. The fourth-order valence-corrected chi connectivity index (χ4v) is 2.58. The van der Waals surface area contributed by atoms with E-state index in [1.807, 2.05) is 0 Å². The lowest BCUT2D eigenvalue weighted by Crippen LogP contribution is -2.40. The van der Waals surface area contributed by atoms with E-state index in [2.05, 4.69) is 10.0 Å². The Hall–Kier alpha value is -0.170. The van der Waals surface area contributed by atoms with Gasteiger partial charge in [-0.1, -0.05) is 6.42 Å². The Morgan fingerprint density at radius 1 is 1.31 bits per heavy atom. The number of nitrogens with two attached hydrogens (primary N) is 1. The van der Waals surface area contributed by atoms with Crippen LogP contribution in [0.1, 0.15) is 32.1 Å². The van der Waals surface area contributed by atoms with Gasteiger partial charge in [-0.3, -0.25) is 0 Å². The van der Waals surface area contributed by atoms with Crippen LogP contribution in [0.4, 0.5) is 0 Å². The Balaban J connectivity index is 2.02. The molecule has 5 nitrogen and oxygen atoms in total. The first-order valence-electron chi connectivity index (χ1n) is 5.91. The standard InChI is InChI=1S/C10H23N3O2S/c1-16(14,15)13-7-3-6-12-10-5-2-4-9(11)8-10/h9-10,12-13H,2-8,11H2,1H3. The second kappa shape index (κ2) is 6.54. The number of nitrogens with one attached hydrogen (secondary N) is 2. The van der Waals surface area contributed by atoms with E-state index < -0.39 is 10.0 Å². The van der Waals surface area contributed by atoms with Crippen molar-refractivity contribution in [2.45, 2.75) is 44.2 Å². The van der Waals surface area contributed by atoms with Crippen molar-refractivity contribution in [1.82, 2.24) is 10.0 Å². The van der Waals surface area contributed by atoms with E-state index in [1.54, 1.807) is 0 Å². The van der Waals surface area contributed by atoms with Crippen LogP contribution in [-0.4, -0.2) is 39.8 Å². The van der Waals surface area contributed by atoms with E-state index in [0.29, 0.717) is 18.6 Å². The number of rotatable bonds is 6. The summed E-state index contributed by atoms with van der Waals surface area (Å²) in [6, 6.07) is 0.849. The predicted octanol–water partition coefficient (Wildman–Crippen LogP) is -0.215.